The lowest BCUT2D eigenvalue weighted by atomic mass is 9.56. The summed E-state index contributed by atoms with van der Waals surface area (Å²) in [6.45, 7) is 23.0. The van der Waals surface area contributed by atoms with E-state index in [1.54, 1.807) is 11.8 Å². The molecule has 0 N–H and O–H groups in total. The Morgan fingerprint density at radius 3 is 2.31 bits per heavy atom. The van der Waals surface area contributed by atoms with Crippen molar-refractivity contribution in [1.29, 1.82) is 0 Å². The highest BCUT2D eigenvalue weighted by Crippen LogP contribution is 2.61. The van der Waals surface area contributed by atoms with Crippen molar-refractivity contribution in [3.63, 3.8) is 0 Å². The van der Waals surface area contributed by atoms with Gasteiger partial charge in [0.1, 0.15) is 11.5 Å². The van der Waals surface area contributed by atoms with Crippen LogP contribution in [0.2, 0.25) is 18.1 Å². The Hall–Kier alpha value is -2.23. The molecule has 0 radical (unpaired) electrons. The van der Waals surface area contributed by atoms with Crippen LogP contribution in [0.25, 0.3) is 0 Å². The van der Waals surface area contributed by atoms with Crippen molar-refractivity contribution < 1.29 is 28.3 Å². The number of fused-ring (bicyclic) bond motifs is 1. The van der Waals surface area contributed by atoms with Crippen molar-refractivity contribution in [2.45, 2.75) is 116 Å². The van der Waals surface area contributed by atoms with Gasteiger partial charge in [-0.1, -0.05) is 45.9 Å². The zero-order valence-electron chi connectivity index (χ0n) is 27.4. The van der Waals surface area contributed by atoms with Crippen molar-refractivity contribution in [1.82, 2.24) is 4.90 Å². The van der Waals surface area contributed by atoms with E-state index >= 15 is 0 Å². The number of likely N-dealkylation sites (tertiary alicyclic amines) is 1. The molecule has 3 aliphatic rings. The van der Waals surface area contributed by atoms with Gasteiger partial charge in [-0.25, -0.2) is 4.79 Å². The van der Waals surface area contributed by atoms with Crippen LogP contribution in [0.15, 0.2) is 24.3 Å². The van der Waals surface area contributed by atoms with E-state index in [1.807, 2.05) is 45.9 Å². The molecule has 1 spiro atoms. The molecule has 1 amide bonds. The first-order valence-corrected chi connectivity index (χ1v) is 18.6. The summed E-state index contributed by atoms with van der Waals surface area (Å²) in [5.74, 6) is -2.11. The van der Waals surface area contributed by atoms with E-state index in [2.05, 4.69) is 44.8 Å². The molecule has 42 heavy (non-hydrogen) atoms. The summed E-state index contributed by atoms with van der Waals surface area (Å²) < 4.78 is 17.9. The van der Waals surface area contributed by atoms with Crippen LogP contribution in [-0.4, -0.2) is 75.1 Å². The lowest BCUT2D eigenvalue weighted by Gasteiger charge is -2.51. The van der Waals surface area contributed by atoms with Crippen LogP contribution in [0.5, 0.6) is 0 Å². The lowest BCUT2D eigenvalue weighted by molar-refractivity contribution is -0.158. The van der Waals surface area contributed by atoms with Crippen LogP contribution in [0.3, 0.4) is 0 Å². The third kappa shape index (κ3) is 5.57. The maximum Gasteiger partial charge on any atom is 0.415 e. The van der Waals surface area contributed by atoms with E-state index in [1.165, 1.54) is 0 Å². The van der Waals surface area contributed by atoms with Gasteiger partial charge in [0.05, 0.1) is 18.3 Å². The minimum absolute atomic E-state index is 0.132. The van der Waals surface area contributed by atoms with Gasteiger partial charge >= 0.3 is 12.1 Å². The molecule has 0 bridgehead atoms. The Kier molecular flexibility index (Phi) is 9.10. The van der Waals surface area contributed by atoms with E-state index in [9.17, 15) is 14.4 Å². The smallest absolute Gasteiger partial charge is 0.415 e. The molecule has 0 aromatic heterocycles. The number of para-hydroxylation sites is 1. The van der Waals surface area contributed by atoms with Crippen LogP contribution in [0, 0.1) is 11.8 Å². The quantitative estimate of drug-likeness (QED) is 0.149. The molecule has 9 heteroatoms. The Morgan fingerprint density at radius 2 is 1.71 bits per heavy atom. The number of hydrogen-bond acceptors (Lipinski definition) is 7. The fourth-order valence-corrected chi connectivity index (χ4v) is 8.35. The fourth-order valence-electron chi connectivity index (χ4n) is 7.26. The first-order chi connectivity index (χ1) is 19.5. The predicted octanol–water partition coefficient (Wildman–Crippen LogP) is 6.32. The molecule has 2 heterocycles. The third-order valence-corrected chi connectivity index (χ3v) is 14.5. The van der Waals surface area contributed by atoms with E-state index < -0.39 is 43.4 Å². The molecule has 3 unspecified atom stereocenters. The predicted molar refractivity (Wildman–Crippen MR) is 167 cm³/mol. The van der Waals surface area contributed by atoms with Gasteiger partial charge in [-0.05, 0) is 83.3 Å². The van der Waals surface area contributed by atoms with Crippen molar-refractivity contribution in [2.24, 2.45) is 11.8 Å². The summed E-state index contributed by atoms with van der Waals surface area (Å²) in [6, 6.07) is 7.04. The second kappa shape index (κ2) is 11.7. The van der Waals surface area contributed by atoms with Gasteiger partial charge < -0.3 is 13.9 Å². The van der Waals surface area contributed by atoms with E-state index in [0.717, 1.165) is 37.2 Å². The Morgan fingerprint density at radius 1 is 1.05 bits per heavy atom. The highest BCUT2D eigenvalue weighted by molar-refractivity contribution is 6.74. The van der Waals surface area contributed by atoms with Crippen molar-refractivity contribution >= 4 is 31.9 Å². The molecular formula is C33H52N2O6Si. The summed E-state index contributed by atoms with van der Waals surface area (Å²) in [7, 11) is -1.87. The molecule has 1 aliphatic carbocycles. The van der Waals surface area contributed by atoms with E-state index in [4.69, 9.17) is 13.9 Å². The number of Topliss-reactive ketones (excluding diaryl/α,β-unsaturated/α-hetero) is 1. The van der Waals surface area contributed by atoms with Gasteiger partial charge in [0, 0.05) is 30.5 Å². The van der Waals surface area contributed by atoms with Crippen molar-refractivity contribution in [2.75, 3.05) is 31.2 Å². The maximum absolute atomic E-state index is 14.4. The minimum Gasteiger partial charge on any atom is -0.465 e. The Bertz CT molecular complexity index is 1190. The molecule has 5 atom stereocenters. The maximum atomic E-state index is 14.4. The molecule has 1 aromatic carbocycles. The fraction of sp³-hybridized carbons (Fsp3) is 0.727. The van der Waals surface area contributed by atoms with Crippen LogP contribution in [-0.2, 0) is 28.9 Å². The second-order valence-corrected chi connectivity index (χ2v) is 19.5. The summed E-state index contributed by atoms with van der Waals surface area (Å²) in [5, 5.41) is 0.141. The number of carbonyl (C=O) groups excluding carboxylic acids is 3. The van der Waals surface area contributed by atoms with Crippen molar-refractivity contribution in [3.05, 3.63) is 29.8 Å². The average Bonchev–Trinajstić information content (AvgIpc) is 3.39. The molecule has 1 saturated heterocycles. The third-order valence-electron chi connectivity index (χ3n) is 10.0. The normalized spacial score (nSPS) is 27.9. The number of rotatable bonds is 8. The summed E-state index contributed by atoms with van der Waals surface area (Å²) >= 11 is 0. The lowest BCUT2D eigenvalue weighted by Crippen LogP contribution is -2.68. The summed E-state index contributed by atoms with van der Waals surface area (Å²) in [4.78, 5) is 46.0. The van der Waals surface area contributed by atoms with Crippen LogP contribution in [0.4, 0.5) is 10.5 Å². The van der Waals surface area contributed by atoms with Gasteiger partial charge in [-0.2, -0.15) is 0 Å². The minimum atomic E-state index is -1.87. The van der Waals surface area contributed by atoms with Crippen LogP contribution in [0.1, 0.15) is 80.2 Å². The molecule has 4 rings (SSSR count). The van der Waals surface area contributed by atoms with Crippen LogP contribution >= 0.6 is 0 Å². The monoisotopic (exact) mass is 600 g/mol. The molecule has 2 aliphatic heterocycles. The molecule has 234 valence electrons. The summed E-state index contributed by atoms with van der Waals surface area (Å²) in [5.41, 5.74) is 0.409. The molecular weight excluding hydrogens is 548 g/mol. The number of ketones is 1. The molecule has 2 fully saturated rings. The van der Waals surface area contributed by atoms with Crippen molar-refractivity contribution in [3.8, 4) is 0 Å². The first kappa shape index (κ1) is 32.7. The Balaban J connectivity index is 1.77. The van der Waals surface area contributed by atoms with Gasteiger partial charge in [0.2, 0.25) is 0 Å². The van der Waals surface area contributed by atoms with Gasteiger partial charge in [0.25, 0.3) is 0 Å². The van der Waals surface area contributed by atoms with E-state index in [0.29, 0.717) is 13.0 Å². The summed E-state index contributed by atoms with van der Waals surface area (Å²) in [6.07, 6.45) is 1.67. The topological polar surface area (TPSA) is 85.4 Å². The second-order valence-electron chi connectivity index (χ2n) is 14.7. The zero-order valence-corrected chi connectivity index (χ0v) is 28.4. The van der Waals surface area contributed by atoms with Gasteiger partial charge in [-0.15, -0.1) is 0 Å². The highest BCUT2D eigenvalue weighted by atomic mass is 28.4. The van der Waals surface area contributed by atoms with Gasteiger partial charge in [0.15, 0.2) is 14.1 Å². The molecule has 1 saturated carbocycles. The molecule has 1 aromatic rings. The highest BCUT2D eigenvalue weighted by Gasteiger charge is 2.71. The number of ether oxygens (including phenoxy) is 2. The average molecular weight is 601 g/mol. The standard InChI is InChI=1S/C33H52N2O6Si/c1-11-22-26(36)25(29(37)39-12-2)28-33(23-16-13-14-17-24(23)35(28)30(38)41-31(3,4)5)18-20-34(27(22)33)19-15-21-40-42(9,10)32(6,7)8/h13-14,16-17,22,25,27-28H,11-12,15,18-21H2,1-10H3/t22-,25?,27?,28+,33?/m1/s1. The number of hydrogen-bond donors (Lipinski definition) is 0. The number of nitrogens with zero attached hydrogens (tertiary/aromatic N) is 2. The number of anilines is 1. The number of esters is 1. The van der Waals surface area contributed by atoms with Gasteiger partial charge in [-0.3, -0.25) is 19.4 Å². The number of carbonyl (C=O) groups is 3. The molecule has 8 nitrogen and oxygen atoms in total. The first-order valence-electron chi connectivity index (χ1n) is 15.7. The van der Waals surface area contributed by atoms with Crippen LogP contribution < -0.4 is 4.90 Å². The number of amides is 1. The zero-order chi connectivity index (χ0) is 31.3. The number of benzene rings is 1. The van der Waals surface area contributed by atoms with E-state index in [-0.39, 0.29) is 29.4 Å². The Labute approximate surface area is 253 Å². The largest absolute Gasteiger partial charge is 0.465 e. The SMILES string of the molecule is CCOC(=O)C1C(=O)[C@@H](CC)C2N(CCCO[Si](C)(C)C(C)(C)C)CCC23c2ccccc2N(C(=O)OC(C)(C)C)[C@@H]13.